The molecule has 0 aliphatic carbocycles. The maximum Gasteiger partial charge on any atom is 0.171 e. The van der Waals surface area contributed by atoms with E-state index in [2.05, 4.69) is 96.3 Å². The molecule has 30 heavy (non-hydrogen) atoms. The lowest BCUT2D eigenvalue weighted by Gasteiger charge is -2.05. The third-order valence-corrected chi connectivity index (χ3v) is 5.94. The van der Waals surface area contributed by atoms with Crippen LogP contribution in [-0.4, -0.2) is 0 Å². The highest BCUT2D eigenvalue weighted by Crippen LogP contribution is 2.11. The summed E-state index contributed by atoms with van der Waals surface area (Å²) in [5.41, 5.74) is 5.78. The van der Waals surface area contributed by atoms with Crippen molar-refractivity contribution >= 4 is 0 Å². The van der Waals surface area contributed by atoms with E-state index >= 15 is 0 Å². The molecule has 0 saturated heterocycles. The summed E-state index contributed by atoms with van der Waals surface area (Å²) in [6.07, 6.45) is 18.5. The lowest BCUT2D eigenvalue weighted by molar-refractivity contribution is -0.697. The van der Waals surface area contributed by atoms with Crippen molar-refractivity contribution in [3.63, 3.8) is 0 Å². The van der Waals surface area contributed by atoms with Crippen LogP contribution in [0.4, 0.5) is 0 Å². The van der Waals surface area contributed by atoms with Gasteiger partial charge in [-0.1, -0.05) is 38.1 Å². The Balaban J connectivity index is 1.33. The lowest BCUT2D eigenvalue weighted by atomic mass is 10.0. The van der Waals surface area contributed by atoms with E-state index in [1.165, 1.54) is 60.8 Å². The molecular weight excluding hydrogens is 364 g/mol. The third-order valence-electron chi connectivity index (χ3n) is 5.94. The summed E-state index contributed by atoms with van der Waals surface area (Å²) in [7, 11) is 0. The van der Waals surface area contributed by atoms with E-state index in [-0.39, 0.29) is 0 Å². The minimum Gasteiger partial charge on any atom is -0.205 e. The zero-order valence-electron chi connectivity index (χ0n) is 18.9. The molecule has 0 saturated carbocycles. The van der Waals surface area contributed by atoms with Gasteiger partial charge in [0.15, 0.2) is 24.8 Å². The summed E-state index contributed by atoms with van der Waals surface area (Å²) in [5, 5.41) is 0. The fourth-order valence-corrected chi connectivity index (χ4v) is 3.97. The minimum atomic E-state index is 1.11. The molecule has 3 rings (SSSR count). The fourth-order valence-electron chi connectivity index (χ4n) is 3.97. The van der Waals surface area contributed by atoms with Crippen LogP contribution in [0.1, 0.15) is 61.8 Å². The van der Waals surface area contributed by atoms with E-state index in [1.54, 1.807) is 0 Å². The summed E-state index contributed by atoms with van der Waals surface area (Å²) >= 11 is 0. The average molecular weight is 403 g/mol. The van der Waals surface area contributed by atoms with Gasteiger partial charge >= 0.3 is 0 Å². The first-order valence-corrected chi connectivity index (χ1v) is 11.8. The second kappa shape index (κ2) is 12.3. The van der Waals surface area contributed by atoms with Crippen LogP contribution in [0.25, 0.3) is 0 Å². The monoisotopic (exact) mass is 402 g/mol. The maximum atomic E-state index is 2.33. The van der Waals surface area contributed by atoms with Gasteiger partial charge in [-0.05, 0) is 61.8 Å². The van der Waals surface area contributed by atoms with E-state index in [4.69, 9.17) is 0 Å². The Hall–Kier alpha value is -2.48. The van der Waals surface area contributed by atoms with Crippen LogP contribution < -0.4 is 9.13 Å². The first kappa shape index (κ1) is 22.2. The number of aromatic nitrogens is 2. The van der Waals surface area contributed by atoms with Crippen LogP contribution in [0.2, 0.25) is 0 Å². The minimum absolute atomic E-state index is 1.11. The van der Waals surface area contributed by atoms with Gasteiger partial charge < -0.3 is 0 Å². The van der Waals surface area contributed by atoms with Crippen LogP contribution in [0.3, 0.4) is 0 Å². The van der Waals surface area contributed by atoms with Gasteiger partial charge in [0.25, 0.3) is 0 Å². The van der Waals surface area contributed by atoms with Gasteiger partial charge in [0.1, 0.15) is 13.1 Å². The molecule has 0 fully saturated rings. The van der Waals surface area contributed by atoms with Gasteiger partial charge in [-0.3, -0.25) is 0 Å². The van der Waals surface area contributed by atoms with Gasteiger partial charge in [0.05, 0.1) is 0 Å². The number of unbranched alkanes of at least 4 members (excludes halogenated alkanes) is 2. The zero-order chi connectivity index (χ0) is 21.0. The molecule has 2 aromatic heterocycles. The molecular formula is C28H38N2+2. The normalized spacial score (nSPS) is 11.0. The van der Waals surface area contributed by atoms with E-state index in [1.807, 2.05) is 0 Å². The molecule has 0 N–H and O–H groups in total. The Morgan fingerprint density at radius 2 is 0.967 bits per heavy atom. The van der Waals surface area contributed by atoms with Crippen molar-refractivity contribution in [3.05, 3.63) is 95.6 Å². The smallest absolute Gasteiger partial charge is 0.171 e. The summed E-state index contributed by atoms with van der Waals surface area (Å²) in [6.45, 7) is 6.66. The van der Waals surface area contributed by atoms with E-state index in [9.17, 15) is 0 Å². The second-order valence-electron chi connectivity index (χ2n) is 8.34. The molecule has 0 amide bonds. The quantitative estimate of drug-likeness (QED) is 0.282. The fraction of sp³-hybridized carbons (Fsp3) is 0.429. The highest BCUT2D eigenvalue weighted by Gasteiger charge is 2.04. The molecule has 2 nitrogen and oxygen atoms in total. The number of hydrogen-bond donors (Lipinski definition) is 0. The van der Waals surface area contributed by atoms with Crippen LogP contribution in [-0.2, 0) is 38.8 Å². The molecule has 0 radical (unpaired) electrons. The predicted molar refractivity (Wildman–Crippen MR) is 124 cm³/mol. The lowest BCUT2D eigenvalue weighted by Crippen LogP contribution is -2.33. The summed E-state index contributed by atoms with van der Waals surface area (Å²) < 4.78 is 4.66. The van der Waals surface area contributed by atoms with Crippen LogP contribution >= 0.6 is 0 Å². The molecule has 0 aliphatic heterocycles. The standard InChI is InChI=1S/C28H38N2/c1-3-25-13-9-21-29(23-25)19-7-5-11-27-15-17-28(18-16-27)12-6-8-20-30-22-10-14-26(4-2)24-30/h9-10,13-18,21-24H,3-8,11-12,19-20H2,1-2H3/q+2. The Labute approximate surface area is 183 Å². The van der Waals surface area contributed by atoms with Crippen molar-refractivity contribution < 1.29 is 9.13 Å². The first-order chi connectivity index (χ1) is 14.8. The molecule has 3 aromatic rings. The number of rotatable bonds is 12. The van der Waals surface area contributed by atoms with Crippen molar-refractivity contribution in [2.75, 3.05) is 0 Å². The molecule has 2 heteroatoms. The van der Waals surface area contributed by atoms with Crippen LogP contribution in [0.5, 0.6) is 0 Å². The molecule has 1 aromatic carbocycles. The molecule has 158 valence electrons. The van der Waals surface area contributed by atoms with Crippen molar-refractivity contribution in [3.8, 4) is 0 Å². The second-order valence-corrected chi connectivity index (χ2v) is 8.34. The molecule has 0 unspecified atom stereocenters. The molecule has 0 atom stereocenters. The Kier molecular flexibility index (Phi) is 9.08. The van der Waals surface area contributed by atoms with E-state index in [0.717, 1.165) is 25.9 Å². The van der Waals surface area contributed by atoms with Gasteiger partial charge in [0.2, 0.25) is 0 Å². The number of nitrogens with zero attached hydrogens (tertiary/aromatic N) is 2. The first-order valence-electron chi connectivity index (χ1n) is 11.8. The SMILES string of the molecule is CCc1ccc[n+](CCCCc2ccc(CCCC[n+]3cccc(CC)c3)cc2)c1. The highest BCUT2D eigenvalue weighted by atomic mass is 14.9. The van der Waals surface area contributed by atoms with Gasteiger partial charge in [-0.15, -0.1) is 0 Å². The number of benzene rings is 1. The molecule has 0 bridgehead atoms. The largest absolute Gasteiger partial charge is 0.205 e. The average Bonchev–Trinajstić information content (AvgIpc) is 2.80. The number of aryl methyl sites for hydroxylation is 6. The van der Waals surface area contributed by atoms with Gasteiger partial charge in [0, 0.05) is 36.1 Å². The van der Waals surface area contributed by atoms with Gasteiger partial charge in [-0.2, -0.15) is 0 Å². The molecule has 0 aliphatic rings. The summed E-state index contributed by atoms with van der Waals surface area (Å²) in [5.74, 6) is 0. The Bertz CT molecular complexity index is 809. The maximum absolute atomic E-state index is 2.33. The topological polar surface area (TPSA) is 7.76 Å². The van der Waals surface area contributed by atoms with Crippen molar-refractivity contribution in [2.45, 2.75) is 78.3 Å². The molecule has 0 spiro atoms. The Morgan fingerprint density at radius 1 is 0.533 bits per heavy atom. The van der Waals surface area contributed by atoms with Crippen molar-refractivity contribution in [2.24, 2.45) is 0 Å². The Morgan fingerprint density at radius 3 is 1.37 bits per heavy atom. The van der Waals surface area contributed by atoms with E-state index < -0.39 is 0 Å². The predicted octanol–water partition coefficient (Wildman–Crippen LogP) is 5.43. The van der Waals surface area contributed by atoms with E-state index in [0.29, 0.717) is 0 Å². The highest BCUT2D eigenvalue weighted by molar-refractivity contribution is 5.22. The van der Waals surface area contributed by atoms with Crippen molar-refractivity contribution in [1.29, 1.82) is 0 Å². The van der Waals surface area contributed by atoms with Gasteiger partial charge in [-0.25, -0.2) is 9.13 Å². The van der Waals surface area contributed by atoms with Crippen molar-refractivity contribution in [1.82, 2.24) is 0 Å². The summed E-state index contributed by atoms with van der Waals surface area (Å²) in [6, 6.07) is 18.1. The number of pyridine rings is 2. The number of hydrogen-bond acceptors (Lipinski definition) is 0. The third kappa shape index (κ3) is 7.40. The summed E-state index contributed by atoms with van der Waals surface area (Å²) in [4.78, 5) is 0. The van der Waals surface area contributed by atoms with Crippen LogP contribution in [0, 0.1) is 0 Å². The molecule has 2 heterocycles. The zero-order valence-corrected chi connectivity index (χ0v) is 18.9. The van der Waals surface area contributed by atoms with Crippen LogP contribution in [0.15, 0.2) is 73.3 Å².